The molecule has 2 N–H and O–H groups in total. The Hall–Kier alpha value is -2.76. The van der Waals surface area contributed by atoms with Gasteiger partial charge < -0.3 is 0 Å². The van der Waals surface area contributed by atoms with Crippen molar-refractivity contribution in [1.29, 1.82) is 0 Å². The molecule has 0 aliphatic heterocycles. The quantitative estimate of drug-likeness (QED) is 0.329. The van der Waals surface area contributed by atoms with Crippen molar-refractivity contribution in [3.63, 3.8) is 0 Å². The average molecular weight is 584 g/mol. The first-order valence-corrected chi connectivity index (χ1v) is 13.6. The third-order valence-electron chi connectivity index (χ3n) is 4.57. The van der Waals surface area contributed by atoms with Crippen LogP contribution in [0, 0.1) is 0 Å². The van der Waals surface area contributed by atoms with Crippen LogP contribution < -0.4 is 19.0 Å². The SMILES string of the molecule is COC(=O)[C@H](Cc1ccccc1)NC(=O)[C@H](C[Te]c1ccc(OC)cc1)NC(=O)OC(C)(C)C. The summed E-state index contributed by atoms with van der Waals surface area (Å²) >= 11 is -0.836. The van der Waals surface area contributed by atoms with E-state index in [0.717, 1.165) is 14.9 Å². The van der Waals surface area contributed by atoms with Gasteiger partial charge in [-0.1, -0.05) is 0 Å². The van der Waals surface area contributed by atoms with E-state index in [1.807, 2.05) is 54.6 Å². The van der Waals surface area contributed by atoms with Crippen molar-refractivity contribution in [2.75, 3.05) is 14.2 Å². The van der Waals surface area contributed by atoms with Gasteiger partial charge in [0.15, 0.2) is 0 Å². The fourth-order valence-corrected chi connectivity index (χ4v) is 5.57. The summed E-state index contributed by atoms with van der Waals surface area (Å²) in [6.45, 7) is 5.25. The van der Waals surface area contributed by atoms with Gasteiger partial charge in [0.1, 0.15) is 0 Å². The van der Waals surface area contributed by atoms with E-state index in [1.54, 1.807) is 27.9 Å². The number of benzene rings is 2. The second-order valence-electron chi connectivity index (χ2n) is 8.46. The van der Waals surface area contributed by atoms with Crippen LogP contribution in [0.15, 0.2) is 54.6 Å². The van der Waals surface area contributed by atoms with E-state index in [2.05, 4.69) is 10.6 Å². The number of esters is 1. The second-order valence-corrected chi connectivity index (χ2v) is 11.6. The Morgan fingerprint density at radius 2 is 1.56 bits per heavy atom. The molecule has 2 rings (SSSR count). The Bertz CT molecular complexity index is 944. The minimum atomic E-state index is -0.885. The van der Waals surface area contributed by atoms with Crippen LogP contribution in [-0.4, -0.2) is 70.8 Å². The molecule has 0 aliphatic carbocycles. The first-order chi connectivity index (χ1) is 16.1. The molecule has 2 aromatic rings. The van der Waals surface area contributed by atoms with Gasteiger partial charge in [0.2, 0.25) is 0 Å². The number of methoxy groups -OCH3 is 2. The number of rotatable bonds is 10. The van der Waals surface area contributed by atoms with Crippen molar-refractivity contribution in [3.05, 3.63) is 60.2 Å². The number of carbonyl (C=O) groups is 3. The molecule has 0 spiro atoms. The van der Waals surface area contributed by atoms with Crippen LogP contribution in [0.3, 0.4) is 0 Å². The Labute approximate surface area is 210 Å². The molecule has 2 aromatic carbocycles. The number of hydrogen-bond donors (Lipinski definition) is 2. The van der Waals surface area contributed by atoms with E-state index < -0.39 is 56.6 Å². The normalized spacial score (nSPS) is 12.7. The van der Waals surface area contributed by atoms with Crippen LogP contribution in [0.5, 0.6) is 5.75 Å². The molecule has 0 aromatic heterocycles. The van der Waals surface area contributed by atoms with E-state index in [9.17, 15) is 14.4 Å². The zero-order valence-corrected chi connectivity index (χ0v) is 22.5. The molecule has 0 radical (unpaired) electrons. The van der Waals surface area contributed by atoms with Gasteiger partial charge in [-0.3, -0.25) is 0 Å². The van der Waals surface area contributed by atoms with E-state index in [-0.39, 0.29) is 6.42 Å². The van der Waals surface area contributed by atoms with Crippen LogP contribution in [0.1, 0.15) is 26.3 Å². The van der Waals surface area contributed by atoms with Crippen LogP contribution in [-0.2, 0) is 25.5 Å². The molecule has 9 heteroatoms. The molecule has 0 saturated heterocycles. The molecule has 0 aliphatic rings. The summed E-state index contributed by atoms with van der Waals surface area (Å²) in [5, 5.41) is 5.43. The molecule has 34 heavy (non-hydrogen) atoms. The third kappa shape index (κ3) is 9.62. The Morgan fingerprint density at radius 3 is 2.12 bits per heavy atom. The second kappa shape index (κ2) is 13.2. The van der Waals surface area contributed by atoms with Gasteiger partial charge in [0, 0.05) is 0 Å². The zero-order chi connectivity index (χ0) is 25.1. The average Bonchev–Trinajstić information content (AvgIpc) is 2.80. The Morgan fingerprint density at radius 1 is 0.912 bits per heavy atom. The van der Waals surface area contributed by atoms with Crippen LogP contribution in [0.2, 0.25) is 4.47 Å². The standard InChI is InChI=1S/C25H32N2O6Te/c1-25(2,3)33-24(30)27-21(16-34-19-13-11-18(31-4)12-14-19)22(28)26-20(23(29)32-5)15-17-9-7-6-8-10-17/h6-14,20-21H,15-16H2,1-5H3,(H,26,28)(H,27,30)/t20-,21-/m0/s1. The molecule has 0 fully saturated rings. The van der Waals surface area contributed by atoms with Crippen molar-refractivity contribution in [2.45, 2.75) is 49.3 Å². The van der Waals surface area contributed by atoms with Gasteiger partial charge in [-0.2, -0.15) is 0 Å². The van der Waals surface area contributed by atoms with Crippen molar-refractivity contribution in [2.24, 2.45) is 0 Å². The minimum absolute atomic E-state index is 0.271. The van der Waals surface area contributed by atoms with Crippen LogP contribution >= 0.6 is 0 Å². The van der Waals surface area contributed by atoms with Crippen molar-refractivity contribution in [1.82, 2.24) is 10.6 Å². The topological polar surface area (TPSA) is 103 Å². The summed E-state index contributed by atoms with van der Waals surface area (Å²) in [5.74, 6) is -0.269. The van der Waals surface area contributed by atoms with E-state index in [4.69, 9.17) is 14.2 Å². The number of nitrogens with one attached hydrogen (secondary N) is 2. The van der Waals surface area contributed by atoms with Crippen molar-refractivity contribution in [3.8, 4) is 5.75 Å². The fourth-order valence-electron chi connectivity index (χ4n) is 2.94. The number of ether oxygens (including phenoxy) is 3. The van der Waals surface area contributed by atoms with Gasteiger partial charge in [-0.25, -0.2) is 0 Å². The summed E-state index contributed by atoms with van der Waals surface area (Å²) in [6, 6.07) is 15.2. The zero-order valence-electron chi connectivity index (χ0n) is 20.1. The maximum atomic E-state index is 13.2. The Kier molecular flexibility index (Phi) is 10.7. The summed E-state index contributed by atoms with van der Waals surface area (Å²) in [7, 11) is 2.88. The van der Waals surface area contributed by atoms with E-state index in [1.165, 1.54) is 7.11 Å². The van der Waals surface area contributed by atoms with Crippen molar-refractivity contribution < 1.29 is 28.6 Å². The molecule has 0 unspecified atom stereocenters. The van der Waals surface area contributed by atoms with Crippen molar-refractivity contribution >= 4 is 42.5 Å². The fraction of sp³-hybridized carbons (Fsp3) is 0.400. The van der Waals surface area contributed by atoms with Gasteiger partial charge in [0.05, 0.1) is 0 Å². The monoisotopic (exact) mass is 586 g/mol. The molecule has 0 saturated carbocycles. The van der Waals surface area contributed by atoms with E-state index >= 15 is 0 Å². The molecular weight excluding hydrogens is 552 g/mol. The van der Waals surface area contributed by atoms with Crippen LogP contribution in [0.25, 0.3) is 0 Å². The molecule has 184 valence electrons. The van der Waals surface area contributed by atoms with Gasteiger partial charge in [-0.15, -0.1) is 0 Å². The molecule has 2 amide bonds. The van der Waals surface area contributed by atoms with Gasteiger partial charge in [0.25, 0.3) is 0 Å². The maximum absolute atomic E-state index is 13.2. The number of amides is 2. The molecule has 0 bridgehead atoms. The number of hydrogen-bond acceptors (Lipinski definition) is 6. The van der Waals surface area contributed by atoms with Gasteiger partial charge >= 0.3 is 211 Å². The predicted molar refractivity (Wildman–Crippen MR) is 130 cm³/mol. The molecule has 2 atom stereocenters. The molecule has 0 heterocycles. The molecular formula is C25H32N2O6Te. The summed E-state index contributed by atoms with van der Waals surface area (Å²) in [5.41, 5.74) is 0.168. The first-order valence-electron chi connectivity index (χ1n) is 10.8. The number of carbonyl (C=O) groups excluding carboxylic acids is 3. The third-order valence-corrected chi connectivity index (χ3v) is 7.72. The summed E-state index contributed by atoms with van der Waals surface area (Å²) in [6.07, 6.45) is -0.416. The first kappa shape index (κ1) is 27.5. The predicted octanol–water partition coefficient (Wildman–Crippen LogP) is 2.24. The number of alkyl carbamates (subject to hydrolysis) is 1. The summed E-state index contributed by atoms with van der Waals surface area (Å²) in [4.78, 5) is 38.0. The van der Waals surface area contributed by atoms with Crippen LogP contribution in [0.4, 0.5) is 4.79 Å². The summed E-state index contributed by atoms with van der Waals surface area (Å²) < 4.78 is 17.0. The van der Waals surface area contributed by atoms with E-state index in [0.29, 0.717) is 4.47 Å². The Balaban J connectivity index is 2.15. The molecule has 8 nitrogen and oxygen atoms in total. The van der Waals surface area contributed by atoms with Gasteiger partial charge in [-0.05, 0) is 0 Å².